The van der Waals surface area contributed by atoms with Crippen LogP contribution in [-0.2, 0) is 27.9 Å². The van der Waals surface area contributed by atoms with Crippen molar-refractivity contribution in [2.75, 3.05) is 21.1 Å². The molecule has 1 aromatic heterocycles. The first-order valence-electron chi connectivity index (χ1n) is 10.5. The van der Waals surface area contributed by atoms with Crippen molar-refractivity contribution in [1.82, 2.24) is 18.3 Å². The molecule has 9 nitrogen and oxygen atoms in total. The van der Waals surface area contributed by atoms with Crippen LogP contribution in [0.1, 0.15) is 25.5 Å². The van der Waals surface area contributed by atoms with Crippen LogP contribution in [0.2, 0.25) is 0 Å². The lowest BCUT2D eigenvalue weighted by Gasteiger charge is -2.26. The molecule has 1 amide bonds. The first-order valence-corrected chi connectivity index (χ1v) is 11.9. The average Bonchev–Trinajstić information content (AvgIpc) is 2.81. The van der Waals surface area contributed by atoms with Gasteiger partial charge >= 0.3 is 11.1 Å². The van der Waals surface area contributed by atoms with Crippen LogP contribution in [0.15, 0.2) is 63.0 Å². The van der Waals surface area contributed by atoms with Crippen molar-refractivity contribution in [3.05, 3.63) is 74.8 Å². The van der Waals surface area contributed by atoms with Crippen LogP contribution in [0.4, 0.5) is 0 Å². The van der Waals surface area contributed by atoms with Gasteiger partial charge in [-0.05, 0) is 37.6 Å². The summed E-state index contributed by atoms with van der Waals surface area (Å²) in [7, 11) is 0.652. The van der Waals surface area contributed by atoms with E-state index in [4.69, 9.17) is 0 Å². The van der Waals surface area contributed by atoms with E-state index in [0.717, 1.165) is 14.4 Å². The number of benzene rings is 2. The van der Waals surface area contributed by atoms with Gasteiger partial charge in [0.15, 0.2) is 0 Å². The van der Waals surface area contributed by atoms with E-state index in [2.05, 4.69) is 0 Å². The van der Waals surface area contributed by atoms with Gasteiger partial charge in [-0.1, -0.05) is 30.3 Å². The average molecular weight is 473 g/mol. The third kappa shape index (κ3) is 4.49. The van der Waals surface area contributed by atoms with Crippen molar-refractivity contribution in [1.29, 1.82) is 0 Å². The van der Waals surface area contributed by atoms with Crippen LogP contribution in [-0.4, -0.2) is 53.8 Å². The molecule has 1 heterocycles. The fraction of sp³-hybridized carbons (Fsp3) is 0.348. The monoisotopic (exact) mass is 472 g/mol. The van der Waals surface area contributed by atoms with E-state index in [1.165, 1.54) is 41.8 Å². The lowest BCUT2D eigenvalue weighted by atomic mass is 10.1. The Labute approximate surface area is 192 Å². The second kappa shape index (κ2) is 9.32. The second-order valence-corrected chi connectivity index (χ2v) is 10.1. The van der Waals surface area contributed by atoms with E-state index in [1.54, 1.807) is 14.0 Å². The molecule has 0 aliphatic heterocycles. The summed E-state index contributed by atoms with van der Waals surface area (Å²) in [6, 6.07) is 13.4. The number of amides is 1. The molecule has 3 aromatic rings. The Balaban J connectivity index is 2.15. The molecule has 0 N–H and O–H groups in total. The molecule has 3 rings (SSSR count). The van der Waals surface area contributed by atoms with E-state index in [-0.39, 0.29) is 28.9 Å². The number of likely N-dealkylation sites (N-methyl/N-ethyl adjacent to an activating group) is 1. The number of carbonyl (C=O) groups excluding carboxylic acids is 1. The summed E-state index contributed by atoms with van der Waals surface area (Å²) in [5.41, 5.74) is -0.131. The Morgan fingerprint density at radius 3 is 2.12 bits per heavy atom. The zero-order chi connectivity index (χ0) is 24.5. The highest BCUT2D eigenvalue weighted by Gasteiger charge is 2.23. The molecule has 0 radical (unpaired) electrons. The number of hydrogen-bond donors (Lipinski definition) is 0. The first kappa shape index (κ1) is 24.4. The molecule has 1 atom stereocenters. The fourth-order valence-corrected chi connectivity index (χ4v) is 4.58. The van der Waals surface area contributed by atoms with Crippen LogP contribution in [0.25, 0.3) is 11.0 Å². The molecular formula is C23H28N4O5S. The van der Waals surface area contributed by atoms with Gasteiger partial charge in [-0.25, -0.2) is 12.7 Å². The summed E-state index contributed by atoms with van der Waals surface area (Å²) >= 11 is 0. The van der Waals surface area contributed by atoms with Crippen molar-refractivity contribution in [3.8, 4) is 0 Å². The zero-order valence-corrected chi connectivity index (χ0v) is 20.2. The van der Waals surface area contributed by atoms with E-state index in [1.807, 2.05) is 37.3 Å². The maximum atomic E-state index is 13.1. The van der Waals surface area contributed by atoms with Gasteiger partial charge in [0.25, 0.3) is 0 Å². The van der Waals surface area contributed by atoms with Gasteiger partial charge in [-0.15, -0.1) is 0 Å². The molecule has 176 valence electrons. The maximum Gasteiger partial charge on any atom is 0.317 e. The Hall–Kier alpha value is -3.24. The topological polar surface area (TPSA) is 102 Å². The summed E-state index contributed by atoms with van der Waals surface area (Å²) in [5.74, 6) is -0.385. The number of hydrogen-bond acceptors (Lipinski definition) is 5. The minimum atomic E-state index is -3.79. The molecule has 0 saturated carbocycles. The van der Waals surface area contributed by atoms with E-state index in [0.29, 0.717) is 5.52 Å². The molecule has 0 fully saturated rings. The molecular weight excluding hydrogens is 444 g/mol. The van der Waals surface area contributed by atoms with E-state index < -0.39 is 27.7 Å². The lowest BCUT2D eigenvalue weighted by Crippen LogP contribution is -2.44. The molecule has 2 aromatic carbocycles. The van der Waals surface area contributed by atoms with Gasteiger partial charge in [0.1, 0.15) is 6.54 Å². The van der Waals surface area contributed by atoms with Gasteiger partial charge in [0.2, 0.25) is 15.9 Å². The highest BCUT2D eigenvalue weighted by atomic mass is 32.2. The van der Waals surface area contributed by atoms with Crippen LogP contribution >= 0.6 is 0 Å². The van der Waals surface area contributed by atoms with Crippen molar-refractivity contribution in [3.63, 3.8) is 0 Å². The van der Waals surface area contributed by atoms with Crippen LogP contribution < -0.4 is 11.1 Å². The molecule has 0 saturated heterocycles. The summed E-state index contributed by atoms with van der Waals surface area (Å²) in [4.78, 5) is 40.2. The second-order valence-electron chi connectivity index (χ2n) is 7.97. The maximum absolute atomic E-state index is 13.1. The van der Waals surface area contributed by atoms with Crippen LogP contribution in [0, 0.1) is 0 Å². The number of aryl methyl sites for hydroxylation is 1. The molecule has 0 bridgehead atoms. The normalized spacial score (nSPS) is 12.8. The summed E-state index contributed by atoms with van der Waals surface area (Å²) in [5, 5.41) is 0. The molecule has 0 aliphatic rings. The smallest absolute Gasteiger partial charge is 0.317 e. The molecule has 0 spiro atoms. The Bertz CT molecular complexity index is 1410. The quantitative estimate of drug-likeness (QED) is 0.487. The minimum Gasteiger partial charge on any atom is -0.337 e. The van der Waals surface area contributed by atoms with E-state index in [9.17, 15) is 22.8 Å². The van der Waals surface area contributed by atoms with Gasteiger partial charge in [0, 0.05) is 27.7 Å². The molecule has 1 unspecified atom stereocenters. The lowest BCUT2D eigenvalue weighted by molar-refractivity contribution is -0.132. The van der Waals surface area contributed by atoms with E-state index >= 15 is 0 Å². The molecule has 10 heteroatoms. The molecule has 0 aliphatic carbocycles. The predicted octanol–water partition coefficient (Wildman–Crippen LogP) is 1.65. The number of fused-ring (bicyclic) bond motifs is 1. The highest BCUT2D eigenvalue weighted by molar-refractivity contribution is 7.89. The summed E-state index contributed by atoms with van der Waals surface area (Å²) < 4.78 is 28.7. The fourth-order valence-electron chi connectivity index (χ4n) is 3.66. The van der Waals surface area contributed by atoms with Crippen molar-refractivity contribution >= 4 is 27.0 Å². The Morgan fingerprint density at radius 2 is 1.55 bits per heavy atom. The number of nitrogens with zero attached hydrogens (tertiary/aromatic N) is 4. The number of carbonyl (C=O) groups is 1. The third-order valence-corrected chi connectivity index (χ3v) is 7.66. The molecule has 33 heavy (non-hydrogen) atoms. The van der Waals surface area contributed by atoms with Gasteiger partial charge in [-0.2, -0.15) is 0 Å². The van der Waals surface area contributed by atoms with Crippen LogP contribution in [0.5, 0.6) is 0 Å². The largest absolute Gasteiger partial charge is 0.337 e. The summed E-state index contributed by atoms with van der Waals surface area (Å²) in [6.45, 7) is 3.42. The summed E-state index contributed by atoms with van der Waals surface area (Å²) in [6.07, 6.45) is 0. The Kier molecular flexibility index (Phi) is 6.89. The number of aromatic nitrogens is 2. The first-order chi connectivity index (χ1) is 15.5. The van der Waals surface area contributed by atoms with Crippen LogP contribution in [0.3, 0.4) is 0 Å². The van der Waals surface area contributed by atoms with Crippen molar-refractivity contribution < 1.29 is 13.2 Å². The predicted molar refractivity (Wildman–Crippen MR) is 127 cm³/mol. The third-order valence-electron chi connectivity index (χ3n) is 5.85. The number of rotatable bonds is 7. The van der Waals surface area contributed by atoms with Gasteiger partial charge in [0.05, 0.1) is 22.0 Å². The van der Waals surface area contributed by atoms with Crippen molar-refractivity contribution in [2.45, 2.75) is 37.9 Å². The standard InChI is InChI=1S/C23H28N4O5S/c1-6-26-19-13-12-18(33(31,32)24(3)4)14-20(19)27(23(30)22(26)29)15-21(28)25(5)16(2)17-10-8-7-9-11-17/h7-14,16H,6,15H2,1-5H3. The minimum absolute atomic E-state index is 0.0343. The SMILES string of the molecule is CCn1c(=O)c(=O)n(CC(=O)N(C)C(C)c2ccccc2)c2cc(S(=O)(=O)N(C)C)ccc21. The zero-order valence-electron chi connectivity index (χ0n) is 19.3. The number of sulfonamides is 1. The highest BCUT2D eigenvalue weighted by Crippen LogP contribution is 2.21. The van der Waals surface area contributed by atoms with Crippen molar-refractivity contribution in [2.24, 2.45) is 0 Å². The van der Waals surface area contributed by atoms with Gasteiger partial charge in [-0.3, -0.25) is 19.0 Å². The van der Waals surface area contributed by atoms with Gasteiger partial charge < -0.3 is 9.47 Å². The Morgan fingerprint density at radius 1 is 0.939 bits per heavy atom.